The zero-order valence-electron chi connectivity index (χ0n) is 16.5. The van der Waals surface area contributed by atoms with Crippen LogP contribution in [0.5, 0.6) is 0 Å². The summed E-state index contributed by atoms with van der Waals surface area (Å²) in [7, 11) is 0. The lowest BCUT2D eigenvalue weighted by atomic mass is 9.45. The summed E-state index contributed by atoms with van der Waals surface area (Å²) in [5.74, 6) is 5.03. The first kappa shape index (κ1) is 18.3. The van der Waals surface area contributed by atoms with Crippen LogP contribution >= 0.6 is 22.6 Å². The lowest BCUT2D eigenvalue weighted by Crippen LogP contribution is -2.53. The zero-order valence-corrected chi connectivity index (χ0v) is 18.7. The largest absolute Gasteiger partial charge is 0.0894 e. The third-order valence-electron chi connectivity index (χ3n) is 9.31. The summed E-state index contributed by atoms with van der Waals surface area (Å²) >= 11 is 2.52. The van der Waals surface area contributed by atoms with Gasteiger partial charge in [0, 0.05) is 0 Å². The minimum atomic E-state index is 0.456. The third kappa shape index (κ3) is 2.57. The maximum atomic E-state index is 4.36. The van der Waals surface area contributed by atoms with E-state index in [-0.39, 0.29) is 0 Å². The Bertz CT molecular complexity index is 628. The van der Waals surface area contributed by atoms with Gasteiger partial charge in [0.25, 0.3) is 0 Å². The highest BCUT2D eigenvalue weighted by Gasteiger charge is 2.60. The average molecular weight is 450 g/mol. The quantitative estimate of drug-likeness (QED) is 0.362. The molecule has 0 aromatic heterocycles. The van der Waals surface area contributed by atoms with Crippen LogP contribution in [0.15, 0.2) is 34.0 Å². The van der Waals surface area contributed by atoms with Crippen LogP contribution in [0.2, 0.25) is 0 Å². The maximum Gasteiger partial charge on any atom is -0.00529 e. The molecular formula is C24H35I. The molecule has 1 heteroatoms. The molecule has 8 atom stereocenters. The van der Waals surface area contributed by atoms with Gasteiger partial charge in [0.1, 0.15) is 0 Å². The average Bonchev–Trinajstić information content (AvgIpc) is 2.86. The molecular weight excluding hydrogens is 415 g/mol. The van der Waals surface area contributed by atoms with Crippen molar-refractivity contribution < 1.29 is 0 Å². The lowest BCUT2D eigenvalue weighted by Gasteiger charge is -2.60. The van der Waals surface area contributed by atoms with Crippen LogP contribution in [0.4, 0.5) is 0 Å². The molecule has 25 heavy (non-hydrogen) atoms. The molecule has 4 aliphatic rings. The van der Waals surface area contributed by atoms with E-state index in [4.69, 9.17) is 0 Å². The van der Waals surface area contributed by atoms with Crippen LogP contribution in [0.1, 0.15) is 66.2 Å². The number of halogens is 1. The van der Waals surface area contributed by atoms with E-state index in [0.717, 1.165) is 29.6 Å². The SMILES string of the molecule is C=C(I)[C@H]1CCC2C3CC[C@H]4C=CC(C)=CC(C)C4(C)C3CC[C@@]21C. The topological polar surface area (TPSA) is 0 Å². The van der Waals surface area contributed by atoms with Crippen molar-refractivity contribution in [3.8, 4) is 0 Å². The van der Waals surface area contributed by atoms with E-state index in [2.05, 4.69) is 75.1 Å². The summed E-state index contributed by atoms with van der Waals surface area (Å²) in [5.41, 5.74) is 2.46. The van der Waals surface area contributed by atoms with Crippen LogP contribution < -0.4 is 0 Å². The van der Waals surface area contributed by atoms with Crippen LogP contribution in [0, 0.1) is 46.3 Å². The molecule has 0 saturated heterocycles. The van der Waals surface area contributed by atoms with Gasteiger partial charge in [-0.15, -0.1) is 0 Å². The van der Waals surface area contributed by atoms with Crippen LogP contribution in [0.3, 0.4) is 0 Å². The maximum absolute atomic E-state index is 4.36. The summed E-state index contributed by atoms with van der Waals surface area (Å²) < 4.78 is 1.42. The standard InChI is InChI=1S/C24H35I/c1-15-6-7-18-8-9-19-21-11-10-20(17(3)25)23(21,4)13-12-22(19)24(18,5)16(2)14-15/h6-7,14,16,18-22H,3,8-13H2,1-2,4-5H3/t16?,18-,19?,20-,21?,22?,23-,24?/m1/s1. The smallest absolute Gasteiger partial charge is 0.00529 e. The van der Waals surface area contributed by atoms with Gasteiger partial charge >= 0.3 is 0 Å². The number of rotatable bonds is 1. The second-order valence-electron chi connectivity index (χ2n) is 10.1. The molecule has 4 rings (SSSR count). The monoisotopic (exact) mass is 450 g/mol. The van der Waals surface area contributed by atoms with Crippen molar-refractivity contribution in [2.24, 2.45) is 46.3 Å². The molecule has 4 aliphatic carbocycles. The molecule has 0 N–H and O–H groups in total. The number of hydrogen-bond donors (Lipinski definition) is 0. The Balaban J connectivity index is 1.69. The van der Waals surface area contributed by atoms with Gasteiger partial charge in [-0.2, -0.15) is 0 Å². The highest BCUT2D eigenvalue weighted by atomic mass is 127. The molecule has 0 heterocycles. The van der Waals surface area contributed by atoms with E-state index < -0.39 is 0 Å². The Kier molecular flexibility index (Phi) is 4.57. The lowest BCUT2D eigenvalue weighted by molar-refractivity contribution is -0.0964. The van der Waals surface area contributed by atoms with Crippen molar-refractivity contribution >= 4 is 22.6 Å². The fourth-order valence-corrected chi connectivity index (χ4v) is 8.83. The molecule has 0 nitrogen and oxygen atoms in total. The van der Waals surface area contributed by atoms with Gasteiger partial charge in [-0.3, -0.25) is 0 Å². The molecule has 0 amide bonds. The van der Waals surface area contributed by atoms with Crippen LogP contribution in [-0.4, -0.2) is 0 Å². The van der Waals surface area contributed by atoms with Crippen molar-refractivity contribution in [3.05, 3.63) is 34.0 Å². The molecule has 3 fully saturated rings. The van der Waals surface area contributed by atoms with Crippen molar-refractivity contribution in [3.63, 3.8) is 0 Å². The van der Waals surface area contributed by atoms with Gasteiger partial charge in [0.2, 0.25) is 0 Å². The Hall–Kier alpha value is -0.0500. The normalized spacial score (nSPS) is 51.8. The predicted octanol–water partition coefficient (Wildman–Crippen LogP) is 7.56. The number of fused-ring (bicyclic) bond motifs is 5. The van der Waals surface area contributed by atoms with Crippen molar-refractivity contribution in [2.45, 2.75) is 66.2 Å². The number of hydrogen-bond acceptors (Lipinski definition) is 0. The summed E-state index contributed by atoms with van der Waals surface area (Å²) in [4.78, 5) is 0. The van der Waals surface area contributed by atoms with Crippen molar-refractivity contribution in [1.82, 2.24) is 0 Å². The van der Waals surface area contributed by atoms with Crippen LogP contribution in [0.25, 0.3) is 0 Å². The van der Waals surface area contributed by atoms with Crippen LogP contribution in [-0.2, 0) is 0 Å². The summed E-state index contributed by atoms with van der Waals surface area (Å²) in [6.45, 7) is 14.4. The fourth-order valence-electron chi connectivity index (χ4n) is 7.81. The van der Waals surface area contributed by atoms with Gasteiger partial charge in [-0.05, 0) is 118 Å². The molecule has 0 radical (unpaired) electrons. The van der Waals surface area contributed by atoms with Gasteiger partial charge in [0.05, 0.1) is 0 Å². The Morgan fingerprint density at radius 1 is 1.12 bits per heavy atom. The molecule has 0 aromatic rings. The highest BCUT2D eigenvalue weighted by Crippen LogP contribution is 2.68. The van der Waals surface area contributed by atoms with E-state index in [9.17, 15) is 0 Å². The highest BCUT2D eigenvalue weighted by molar-refractivity contribution is 14.1. The Labute approximate surface area is 168 Å². The van der Waals surface area contributed by atoms with E-state index in [0.29, 0.717) is 16.7 Å². The molecule has 5 unspecified atom stereocenters. The van der Waals surface area contributed by atoms with Gasteiger partial charge in [-0.1, -0.05) is 51.2 Å². The Morgan fingerprint density at radius 2 is 1.88 bits per heavy atom. The first-order valence-electron chi connectivity index (χ1n) is 10.5. The van der Waals surface area contributed by atoms with Gasteiger partial charge < -0.3 is 0 Å². The van der Waals surface area contributed by atoms with Gasteiger partial charge in [-0.25, -0.2) is 0 Å². The first-order chi connectivity index (χ1) is 11.8. The molecule has 138 valence electrons. The molecule has 0 aromatic carbocycles. The predicted molar refractivity (Wildman–Crippen MR) is 117 cm³/mol. The molecule has 0 spiro atoms. The van der Waals surface area contributed by atoms with Crippen molar-refractivity contribution in [2.75, 3.05) is 0 Å². The van der Waals surface area contributed by atoms with Crippen molar-refractivity contribution in [1.29, 1.82) is 0 Å². The zero-order chi connectivity index (χ0) is 18.0. The summed E-state index contributed by atoms with van der Waals surface area (Å²) in [6.07, 6.45) is 16.1. The summed E-state index contributed by atoms with van der Waals surface area (Å²) in [6, 6.07) is 0. The first-order valence-corrected chi connectivity index (χ1v) is 11.6. The van der Waals surface area contributed by atoms with E-state index in [1.165, 1.54) is 47.7 Å². The molecule has 0 aliphatic heterocycles. The second-order valence-corrected chi connectivity index (χ2v) is 11.5. The fraction of sp³-hybridized carbons (Fsp3) is 0.750. The number of allylic oxidation sites excluding steroid dienone is 5. The van der Waals surface area contributed by atoms with E-state index in [1.807, 2.05) is 0 Å². The van der Waals surface area contributed by atoms with E-state index >= 15 is 0 Å². The molecule has 3 saturated carbocycles. The second kappa shape index (κ2) is 6.24. The molecule has 0 bridgehead atoms. The van der Waals surface area contributed by atoms with Gasteiger partial charge in [0.15, 0.2) is 0 Å². The third-order valence-corrected chi connectivity index (χ3v) is 10.1. The summed E-state index contributed by atoms with van der Waals surface area (Å²) in [5, 5.41) is 0. The Morgan fingerprint density at radius 3 is 2.60 bits per heavy atom. The minimum absolute atomic E-state index is 0.456. The van der Waals surface area contributed by atoms with E-state index in [1.54, 1.807) is 0 Å². The minimum Gasteiger partial charge on any atom is -0.0894 e.